The molecule has 0 spiro atoms. The third-order valence-electron chi connectivity index (χ3n) is 4.62. The van der Waals surface area contributed by atoms with E-state index < -0.39 is 0 Å². The van der Waals surface area contributed by atoms with Gasteiger partial charge in [0, 0.05) is 0 Å². The molecule has 0 heterocycles. The molecule has 1 aromatic carbocycles. The van der Waals surface area contributed by atoms with Gasteiger partial charge >= 0.3 is 0 Å². The number of benzene rings is 1. The van der Waals surface area contributed by atoms with Crippen molar-refractivity contribution in [2.24, 2.45) is 11.8 Å². The zero-order valence-corrected chi connectivity index (χ0v) is 12.5. The SMILES string of the molecule is CCC1CCC(C/C=C\Cc2ccc(C#N)cc2)CC1. The predicted octanol–water partition coefficient (Wildman–Crippen LogP) is 5.26. The quantitative estimate of drug-likeness (QED) is 0.667. The van der Waals surface area contributed by atoms with Crippen LogP contribution >= 0.6 is 0 Å². The fourth-order valence-electron chi connectivity index (χ4n) is 3.10. The standard InChI is InChI=1S/C19H25N/c1-2-16-7-9-17(10-8-16)5-3-4-6-18-11-13-19(15-20)14-12-18/h3-4,11-14,16-17H,2,5-10H2,1H3/b4-3-. The molecule has 0 bridgehead atoms. The van der Waals surface area contributed by atoms with Crippen molar-refractivity contribution in [3.05, 3.63) is 47.5 Å². The van der Waals surface area contributed by atoms with Crippen molar-refractivity contribution in [1.29, 1.82) is 5.26 Å². The van der Waals surface area contributed by atoms with E-state index in [-0.39, 0.29) is 0 Å². The molecule has 0 radical (unpaired) electrons. The van der Waals surface area contributed by atoms with Crippen molar-refractivity contribution >= 4 is 0 Å². The Balaban J connectivity index is 1.70. The van der Waals surface area contributed by atoms with Crippen LogP contribution in [0.25, 0.3) is 0 Å². The molecule has 2 rings (SSSR count). The van der Waals surface area contributed by atoms with Gasteiger partial charge in [-0.2, -0.15) is 5.26 Å². The fraction of sp³-hybridized carbons (Fsp3) is 0.526. The molecule has 20 heavy (non-hydrogen) atoms. The van der Waals surface area contributed by atoms with Crippen LogP contribution in [0.15, 0.2) is 36.4 Å². The van der Waals surface area contributed by atoms with Gasteiger partial charge in [0.1, 0.15) is 0 Å². The summed E-state index contributed by atoms with van der Waals surface area (Å²) >= 11 is 0. The van der Waals surface area contributed by atoms with E-state index in [0.29, 0.717) is 0 Å². The lowest BCUT2D eigenvalue weighted by molar-refractivity contribution is 0.271. The van der Waals surface area contributed by atoms with Gasteiger partial charge in [-0.25, -0.2) is 0 Å². The lowest BCUT2D eigenvalue weighted by Gasteiger charge is -2.26. The Labute approximate surface area is 123 Å². The number of nitrogens with zero attached hydrogens (tertiary/aromatic N) is 1. The summed E-state index contributed by atoms with van der Waals surface area (Å²) in [6.07, 6.45) is 13.9. The second-order valence-electron chi connectivity index (χ2n) is 6.01. The highest BCUT2D eigenvalue weighted by Gasteiger charge is 2.18. The average Bonchev–Trinajstić information content (AvgIpc) is 2.53. The van der Waals surface area contributed by atoms with E-state index in [9.17, 15) is 0 Å². The Hall–Kier alpha value is -1.55. The van der Waals surface area contributed by atoms with Gasteiger partial charge in [0.15, 0.2) is 0 Å². The molecule has 0 amide bonds. The van der Waals surface area contributed by atoms with Crippen molar-refractivity contribution < 1.29 is 0 Å². The molecule has 1 nitrogen and oxygen atoms in total. The van der Waals surface area contributed by atoms with Gasteiger partial charge in [0.25, 0.3) is 0 Å². The maximum absolute atomic E-state index is 8.76. The zero-order chi connectivity index (χ0) is 14.2. The number of allylic oxidation sites excluding steroid dienone is 2. The van der Waals surface area contributed by atoms with Gasteiger partial charge < -0.3 is 0 Å². The maximum atomic E-state index is 8.76. The van der Waals surface area contributed by atoms with Gasteiger partial charge in [-0.3, -0.25) is 0 Å². The Morgan fingerprint density at radius 2 is 1.70 bits per heavy atom. The smallest absolute Gasteiger partial charge is 0.0991 e. The topological polar surface area (TPSA) is 23.8 Å². The first-order valence-electron chi connectivity index (χ1n) is 7.95. The summed E-state index contributed by atoms with van der Waals surface area (Å²) in [6.45, 7) is 2.32. The van der Waals surface area contributed by atoms with E-state index in [0.717, 1.165) is 23.8 Å². The summed E-state index contributed by atoms with van der Waals surface area (Å²) in [7, 11) is 0. The molecule has 1 aromatic rings. The minimum atomic E-state index is 0.741. The first kappa shape index (κ1) is 14.9. The van der Waals surface area contributed by atoms with E-state index in [2.05, 4.69) is 37.3 Å². The third kappa shape index (κ3) is 4.53. The highest BCUT2D eigenvalue weighted by molar-refractivity contribution is 5.32. The first-order chi connectivity index (χ1) is 9.81. The van der Waals surface area contributed by atoms with Crippen LogP contribution in [0, 0.1) is 23.2 Å². The van der Waals surface area contributed by atoms with Crippen LogP contribution in [0.5, 0.6) is 0 Å². The normalized spacial score (nSPS) is 22.8. The first-order valence-corrected chi connectivity index (χ1v) is 7.95. The summed E-state index contributed by atoms with van der Waals surface area (Å²) in [5.74, 6) is 1.91. The van der Waals surface area contributed by atoms with Gasteiger partial charge in [-0.1, -0.05) is 50.5 Å². The number of nitriles is 1. The second-order valence-corrected chi connectivity index (χ2v) is 6.01. The molecule has 106 valence electrons. The molecule has 1 aliphatic rings. The molecular weight excluding hydrogens is 242 g/mol. The van der Waals surface area contributed by atoms with Crippen molar-refractivity contribution in [3.63, 3.8) is 0 Å². The molecular formula is C19H25N. The number of hydrogen-bond donors (Lipinski definition) is 0. The van der Waals surface area contributed by atoms with E-state index in [1.165, 1.54) is 44.1 Å². The van der Waals surface area contributed by atoms with E-state index >= 15 is 0 Å². The van der Waals surface area contributed by atoms with Crippen molar-refractivity contribution in [2.75, 3.05) is 0 Å². The van der Waals surface area contributed by atoms with E-state index in [1.54, 1.807) is 0 Å². The van der Waals surface area contributed by atoms with Gasteiger partial charge in [-0.05, 0) is 55.2 Å². The van der Waals surface area contributed by atoms with Gasteiger partial charge in [0.2, 0.25) is 0 Å². The number of hydrogen-bond acceptors (Lipinski definition) is 1. The summed E-state index contributed by atoms with van der Waals surface area (Å²) in [5.41, 5.74) is 2.03. The molecule has 0 N–H and O–H groups in total. The van der Waals surface area contributed by atoms with E-state index in [4.69, 9.17) is 5.26 Å². The summed E-state index contributed by atoms with van der Waals surface area (Å²) in [6, 6.07) is 10.1. The summed E-state index contributed by atoms with van der Waals surface area (Å²) < 4.78 is 0. The van der Waals surface area contributed by atoms with Crippen LogP contribution in [-0.2, 0) is 6.42 Å². The predicted molar refractivity (Wildman–Crippen MR) is 84.4 cm³/mol. The van der Waals surface area contributed by atoms with Crippen molar-refractivity contribution in [3.8, 4) is 6.07 Å². The Kier molecular flexibility index (Phi) is 5.87. The third-order valence-corrected chi connectivity index (χ3v) is 4.62. The van der Waals surface area contributed by atoms with Gasteiger partial charge in [-0.15, -0.1) is 0 Å². The maximum Gasteiger partial charge on any atom is 0.0991 e. The second kappa shape index (κ2) is 7.90. The highest BCUT2D eigenvalue weighted by Crippen LogP contribution is 2.32. The summed E-state index contributed by atoms with van der Waals surface area (Å²) in [5, 5.41) is 8.76. The van der Waals surface area contributed by atoms with Crippen LogP contribution in [0.2, 0.25) is 0 Å². The lowest BCUT2D eigenvalue weighted by Crippen LogP contribution is -2.13. The van der Waals surface area contributed by atoms with Crippen LogP contribution in [0.1, 0.15) is 56.6 Å². The van der Waals surface area contributed by atoms with Crippen molar-refractivity contribution in [2.45, 2.75) is 51.9 Å². The Morgan fingerprint density at radius 3 is 2.30 bits per heavy atom. The molecule has 0 aliphatic heterocycles. The highest BCUT2D eigenvalue weighted by atomic mass is 14.2. The van der Waals surface area contributed by atoms with Crippen LogP contribution in [0.3, 0.4) is 0 Å². The average molecular weight is 267 g/mol. The molecule has 1 saturated carbocycles. The van der Waals surface area contributed by atoms with Crippen molar-refractivity contribution in [1.82, 2.24) is 0 Å². The van der Waals surface area contributed by atoms with Crippen LogP contribution in [0.4, 0.5) is 0 Å². The molecule has 1 aliphatic carbocycles. The zero-order valence-electron chi connectivity index (χ0n) is 12.5. The van der Waals surface area contributed by atoms with Crippen LogP contribution in [-0.4, -0.2) is 0 Å². The lowest BCUT2D eigenvalue weighted by atomic mass is 9.79. The fourth-order valence-corrected chi connectivity index (χ4v) is 3.10. The molecule has 1 heteroatoms. The Bertz CT molecular complexity index is 456. The van der Waals surface area contributed by atoms with Crippen LogP contribution < -0.4 is 0 Å². The summed E-state index contributed by atoms with van der Waals surface area (Å²) in [4.78, 5) is 0. The molecule has 0 unspecified atom stereocenters. The number of rotatable bonds is 5. The molecule has 1 fully saturated rings. The minimum Gasteiger partial charge on any atom is -0.192 e. The van der Waals surface area contributed by atoms with Gasteiger partial charge in [0.05, 0.1) is 11.6 Å². The molecule has 0 saturated heterocycles. The van der Waals surface area contributed by atoms with E-state index in [1.807, 2.05) is 12.1 Å². The Morgan fingerprint density at radius 1 is 1.05 bits per heavy atom. The minimum absolute atomic E-state index is 0.741. The molecule has 0 aromatic heterocycles. The largest absolute Gasteiger partial charge is 0.192 e. The monoisotopic (exact) mass is 267 g/mol. The molecule has 0 atom stereocenters.